The van der Waals surface area contributed by atoms with Crippen molar-refractivity contribution in [2.45, 2.75) is 13.3 Å². The lowest BCUT2D eigenvalue weighted by Gasteiger charge is -1.94. The van der Waals surface area contributed by atoms with Crippen LogP contribution in [0, 0.1) is 0 Å². The fourth-order valence-electron chi connectivity index (χ4n) is 1.51. The lowest BCUT2D eigenvalue weighted by Crippen LogP contribution is -1.94. The Balaban J connectivity index is 2.60. The molecule has 2 N–H and O–H groups in total. The molecule has 14 heavy (non-hydrogen) atoms. The van der Waals surface area contributed by atoms with Gasteiger partial charge >= 0.3 is 5.97 Å². The first-order valence-corrected chi connectivity index (χ1v) is 4.55. The number of carboxylic acids is 1. The van der Waals surface area contributed by atoms with E-state index in [1.807, 2.05) is 18.2 Å². The lowest BCUT2D eigenvalue weighted by molar-refractivity contribution is 0.0691. The number of carboxylic acid groups (broad SMARTS) is 1. The summed E-state index contributed by atoms with van der Waals surface area (Å²) < 4.78 is 0. The Hall–Kier alpha value is -1.77. The Labute approximate surface area is 81.4 Å². The second kappa shape index (κ2) is 3.18. The van der Waals surface area contributed by atoms with Crippen molar-refractivity contribution in [2.24, 2.45) is 0 Å². The number of rotatable bonds is 2. The Bertz CT molecular complexity index is 485. The molecule has 72 valence electrons. The summed E-state index contributed by atoms with van der Waals surface area (Å²) in [5, 5.41) is 9.73. The third-order valence-electron chi connectivity index (χ3n) is 2.33. The Morgan fingerprint density at radius 1 is 1.43 bits per heavy atom. The largest absolute Gasteiger partial charge is 0.477 e. The molecule has 0 aliphatic carbocycles. The third kappa shape index (κ3) is 1.37. The van der Waals surface area contributed by atoms with Crippen LogP contribution in [0.15, 0.2) is 24.3 Å². The zero-order valence-corrected chi connectivity index (χ0v) is 7.87. The molecule has 0 bridgehead atoms. The maximum absolute atomic E-state index is 10.7. The molecule has 0 saturated heterocycles. The molecule has 0 aliphatic heterocycles. The second-order valence-electron chi connectivity index (χ2n) is 3.26. The van der Waals surface area contributed by atoms with Gasteiger partial charge in [-0.15, -0.1) is 0 Å². The number of nitrogens with one attached hydrogen (secondary N) is 1. The van der Waals surface area contributed by atoms with Gasteiger partial charge in [-0.3, -0.25) is 0 Å². The van der Waals surface area contributed by atoms with Crippen LogP contribution in [0.2, 0.25) is 0 Å². The summed E-state index contributed by atoms with van der Waals surface area (Å²) in [6, 6.07) is 7.60. The van der Waals surface area contributed by atoms with Crippen molar-refractivity contribution in [3.05, 3.63) is 35.5 Å². The smallest absolute Gasteiger partial charge is 0.352 e. The van der Waals surface area contributed by atoms with Crippen LogP contribution in [-0.4, -0.2) is 16.1 Å². The number of benzene rings is 1. The van der Waals surface area contributed by atoms with E-state index in [1.54, 1.807) is 6.07 Å². The highest BCUT2D eigenvalue weighted by Gasteiger charge is 2.06. The van der Waals surface area contributed by atoms with Crippen LogP contribution >= 0.6 is 0 Å². The van der Waals surface area contributed by atoms with Gasteiger partial charge in [-0.25, -0.2) is 4.79 Å². The highest BCUT2D eigenvalue weighted by Crippen LogP contribution is 2.17. The molecule has 0 atom stereocenters. The first-order chi connectivity index (χ1) is 6.70. The number of hydrogen-bond acceptors (Lipinski definition) is 1. The SMILES string of the molecule is CCc1ccc2cc(C(=O)O)[nH]c2c1. The van der Waals surface area contributed by atoms with E-state index in [4.69, 9.17) is 5.11 Å². The quantitative estimate of drug-likeness (QED) is 0.762. The van der Waals surface area contributed by atoms with Gasteiger partial charge in [-0.2, -0.15) is 0 Å². The zero-order valence-electron chi connectivity index (χ0n) is 7.87. The summed E-state index contributed by atoms with van der Waals surface area (Å²) in [6.45, 7) is 2.07. The number of fused-ring (bicyclic) bond motifs is 1. The van der Waals surface area contributed by atoms with Gasteiger partial charge < -0.3 is 10.1 Å². The van der Waals surface area contributed by atoms with Crippen LogP contribution in [0.5, 0.6) is 0 Å². The molecular weight excluding hydrogens is 178 g/mol. The fourth-order valence-corrected chi connectivity index (χ4v) is 1.51. The van der Waals surface area contributed by atoms with Gasteiger partial charge in [0.25, 0.3) is 0 Å². The van der Waals surface area contributed by atoms with Crippen LogP contribution in [0.3, 0.4) is 0 Å². The second-order valence-corrected chi connectivity index (χ2v) is 3.26. The minimum absolute atomic E-state index is 0.244. The minimum Gasteiger partial charge on any atom is -0.477 e. The minimum atomic E-state index is -0.917. The third-order valence-corrected chi connectivity index (χ3v) is 2.33. The van der Waals surface area contributed by atoms with E-state index < -0.39 is 5.97 Å². The molecule has 0 amide bonds. The first kappa shape index (κ1) is 8.81. The summed E-state index contributed by atoms with van der Waals surface area (Å²) >= 11 is 0. The maximum atomic E-state index is 10.7. The topological polar surface area (TPSA) is 53.1 Å². The molecular formula is C11H11NO2. The molecule has 1 aromatic carbocycles. The van der Waals surface area contributed by atoms with Crippen molar-refractivity contribution in [3.8, 4) is 0 Å². The normalized spacial score (nSPS) is 10.6. The summed E-state index contributed by atoms with van der Waals surface area (Å²) in [4.78, 5) is 13.6. The average molecular weight is 189 g/mol. The highest BCUT2D eigenvalue weighted by molar-refractivity contribution is 5.93. The van der Waals surface area contributed by atoms with Gasteiger partial charge in [0.2, 0.25) is 0 Å². The van der Waals surface area contributed by atoms with Crippen molar-refractivity contribution in [2.75, 3.05) is 0 Å². The van der Waals surface area contributed by atoms with E-state index in [9.17, 15) is 4.79 Å². The van der Waals surface area contributed by atoms with Gasteiger partial charge in [0, 0.05) is 10.9 Å². The van der Waals surface area contributed by atoms with Gasteiger partial charge in [0.15, 0.2) is 0 Å². The number of hydrogen-bond donors (Lipinski definition) is 2. The Morgan fingerprint density at radius 3 is 2.86 bits per heavy atom. The number of carbonyl (C=O) groups is 1. The van der Waals surface area contributed by atoms with Crippen molar-refractivity contribution in [1.82, 2.24) is 4.98 Å². The van der Waals surface area contributed by atoms with E-state index in [0.717, 1.165) is 17.3 Å². The lowest BCUT2D eigenvalue weighted by atomic mass is 10.1. The summed E-state index contributed by atoms with van der Waals surface area (Å²) in [5.74, 6) is -0.917. The predicted octanol–water partition coefficient (Wildman–Crippen LogP) is 2.43. The van der Waals surface area contributed by atoms with Crippen LogP contribution < -0.4 is 0 Å². The van der Waals surface area contributed by atoms with E-state index in [2.05, 4.69) is 11.9 Å². The van der Waals surface area contributed by atoms with Gasteiger partial charge in [-0.05, 0) is 24.1 Å². The van der Waals surface area contributed by atoms with Gasteiger partial charge in [0.1, 0.15) is 5.69 Å². The van der Waals surface area contributed by atoms with E-state index in [-0.39, 0.29) is 5.69 Å². The van der Waals surface area contributed by atoms with Crippen molar-refractivity contribution in [3.63, 3.8) is 0 Å². The molecule has 0 radical (unpaired) electrons. The van der Waals surface area contributed by atoms with Crippen molar-refractivity contribution >= 4 is 16.9 Å². The van der Waals surface area contributed by atoms with Crippen LogP contribution in [0.4, 0.5) is 0 Å². The van der Waals surface area contributed by atoms with E-state index in [0.29, 0.717) is 0 Å². The van der Waals surface area contributed by atoms with Gasteiger partial charge in [-0.1, -0.05) is 19.1 Å². The number of H-pyrrole nitrogens is 1. The molecule has 2 aromatic rings. The van der Waals surface area contributed by atoms with Crippen molar-refractivity contribution < 1.29 is 9.90 Å². The summed E-state index contributed by atoms with van der Waals surface area (Å²) in [7, 11) is 0. The fraction of sp³-hybridized carbons (Fsp3) is 0.182. The standard InChI is InChI=1S/C11H11NO2/c1-2-7-3-4-8-6-10(11(13)14)12-9(8)5-7/h3-6,12H,2H2,1H3,(H,13,14). The number of aromatic amines is 1. The van der Waals surface area contributed by atoms with Crippen LogP contribution in [0.1, 0.15) is 23.0 Å². The molecule has 0 aliphatic rings. The molecule has 0 saturated carbocycles. The molecule has 0 fully saturated rings. The van der Waals surface area contributed by atoms with E-state index in [1.165, 1.54) is 5.56 Å². The highest BCUT2D eigenvalue weighted by atomic mass is 16.4. The average Bonchev–Trinajstić information content (AvgIpc) is 2.59. The zero-order chi connectivity index (χ0) is 10.1. The van der Waals surface area contributed by atoms with Crippen molar-refractivity contribution in [1.29, 1.82) is 0 Å². The number of aromatic carboxylic acids is 1. The number of aryl methyl sites for hydroxylation is 1. The molecule has 0 unspecified atom stereocenters. The summed E-state index contributed by atoms with van der Waals surface area (Å²) in [5.41, 5.74) is 2.34. The summed E-state index contributed by atoms with van der Waals surface area (Å²) in [6.07, 6.45) is 0.956. The first-order valence-electron chi connectivity index (χ1n) is 4.55. The molecule has 2 rings (SSSR count). The Morgan fingerprint density at radius 2 is 2.21 bits per heavy atom. The monoisotopic (exact) mass is 189 g/mol. The molecule has 1 aromatic heterocycles. The molecule has 3 heteroatoms. The molecule has 3 nitrogen and oxygen atoms in total. The van der Waals surface area contributed by atoms with Gasteiger partial charge in [0.05, 0.1) is 0 Å². The molecule has 0 spiro atoms. The molecule has 1 heterocycles. The van der Waals surface area contributed by atoms with Crippen LogP contribution in [-0.2, 0) is 6.42 Å². The number of aromatic nitrogens is 1. The Kier molecular flexibility index (Phi) is 2.00. The maximum Gasteiger partial charge on any atom is 0.352 e. The van der Waals surface area contributed by atoms with Crippen LogP contribution in [0.25, 0.3) is 10.9 Å². The van der Waals surface area contributed by atoms with E-state index >= 15 is 0 Å². The predicted molar refractivity (Wildman–Crippen MR) is 54.6 cm³/mol.